The minimum Gasteiger partial charge on any atom is -0.368 e. The molecule has 1 aromatic carbocycles. The van der Waals surface area contributed by atoms with Gasteiger partial charge in [-0.25, -0.2) is 19.1 Å². The molecule has 33 heavy (non-hydrogen) atoms. The number of nitrogens with one attached hydrogen (secondary N) is 2. The molecule has 5 rings (SSSR count). The Morgan fingerprint density at radius 2 is 2.03 bits per heavy atom. The highest BCUT2D eigenvalue weighted by atomic mass is 16.2. The molecular formula is C22H24N10O. The zero-order valence-corrected chi connectivity index (χ0v) is 18.4. The van der Waals surface area contributed by atoms with Crippen molar-refractivity contribution >= 4 is 0 Å². The zero-order valence-electron chi connectivity index (χ0n) is 18.4. The number of benzene rings is 1. The lowest BCUT2D eigenvalue weighted by Crippen LogP contribution is -2.36. The molecule has 0 saturated heterocycles. The Bertz CT molecular complexity index is 1360. The first-order valence-corrected chi connectivity index (χ1v) is 10.7. The van der Waals surface area contributed by atoms with Crippen LogP contribution in [-0.2, 0) is 25.4 Å². The van der Waals surface area contributed by atoms with E-state index < -0.39 is 5.41 Å². The van der Waals surface area contributed by atoms with Gasteiger partial charge in [0.1, 0.15) is 6.33 Å². The summed E-state index contributed by atoms with van der Waals surface area (Å²) in [7, 11) is 1.77. The maximum Gasteiger partial charge on any atom is 0.335 e. The molecule has 0 radical (unpaired) electrons. The first-order valence-electron chi connectivity index (χ1n) is 10.7. The fourth-order valence-corrected chi connectivity index (χ4v) is 4.20. The van der Waals surface area contributed by atoms with Crippen molar-refractivity contribution in [2.75, 3.05) is 0 Å². The number of nitrogens with zero attached hydrogens (tertiary/aromatic N) is 8. The fourth-order valence-electron chi connectivity index (χ4n) is 4.20. The van der Waals surface area contributed by atoms with Gasteiger partial charge < -0.3 is 5.32 Å². The molecule has 1 aliphatic heterocycles. The first-order chi connectivity index (χ1) is 16.1. The van der Waals surface area contributed by atoms with Gasteiger partial charge in [-0.3, -0.25) is 4.57 Å². The van der Waals surface area contributed by atoms with Crippen LogP contribution < -0.4 is 11.0 Å². The lowest BCUT2D eigenvalue weighted by Gasteiger charge is -2.31. The molecule has 0 fully saturated rings. The molecule has 0 unspecified atom stereocenters. The van der Waals surface area contributed by atoms with Crippen molar-refractivity contribution < 1.29 is 0 Å². The average molecular weight is 445 g/mol. The van der Waals surface area contributed by atoms with Crippen LogP contribution in [0.2, 0.25) is 0 Å². The largest absolute Gasteiger partial charge is 0.368 e. The Morgan fingerprint density at radius 3 is 2.73 bits per heavy atom. The predicted molar refractivity (Wildman–Crippen MR) is 121 cm³/mol. The first kappa shape index (κ1) is 20.6. The highest BCUT2D eigenvalue weighted by molar-refractivity contribution is 5.57. The van der Waals surface area contributed by atoms with Gasteiger partial charge >= 0.3 is 5.69 Å². The minimum absolute atomic E-state index is 0.148. The molecule has 4 heterocycles. The van der Waals surface area contributed by atoms with Crippen molar-refractivity contribution in [2.45, 2.75) is 31.7 Å². The van der Waals surface area contributed by atoms with Crippen LogP contribution in [0.5, 0.6) is 0 Å². The van der Waals surface area contributed by atoms with E-state index >= 15 is 0 Å². The van der Waals surface area contributed by atoms with Gasteiger partial charge in [-0.15, -0.1) is 5.10 Å². The molecule has 0 spiro atoms. The Kier molecular flexibility index (Phi) is 5.21. The molecule has 168 valence electrons. The summed E-state index contributed by atoms with van der Waals surface area (Å²) >= 11 is 0. The number of imidazole rings is 1. The van der Waals surface area contributed by atoms with Crippen molar-refractivity contribution in [3.63, 3.8) is 0 Å². The maximum atomic E-state index is 13.6. The fraction of sp³-hybridized carbons (Fsp3) is 0.273. The molecule has 0 atom stereocenters. The average Bonchev–Trinajstić information content (AvgIpc) is 3.58. The summed E-state index contributed by atoms with van der Waals surface area (Å²) in [5.74, 6) is 1.08. The number of dihydropyridines is 1. The summed E-state index contributed by atoms with van der Waals surface area (Å²) in [5.41, 5.74) is 2.14. The monoisotopic (exact) mass is 444 g/mol. The number of allylic oxidation sites excluding steroid dienone is 2. The van der Waals surface area contributed by atoms with Crippen molar-refractivity contribution in [3.8, 4) is 17.3 Å². The third-order valence-corrected chi connectivity index (χ3v) is 5.86. The van der Waals surface area contributed by atoms with Crippen molar-refractivity contribution in [3.05, 3.63) is 83.1 Å². The van der Waals surface area contributed by atoms with Crippen LogP contribution in [0.4, 0.5) is 0 Å². The van der Waals surface area contributed by atoms with E-state index in [4.69, 9.17) is 0 Å². The summed E-state index contributed by atoms with van der Waals surface area (Å²) in [4.78, 5) is 17.8. The van der Waals surface area contributed by atoms with E-state index in [2.05, 4.69) is 61.2 Å². The van der Waals surface area contributed by atoms with E-state index in [0.29, 0.717) is 18.3 Å². The van der Waals surface area contributed by atoms with Gasteiger partial charge in [-0.2, -0.15) is 10.1 Å². The van der Waals surface area contributed by atoms with Gasteiger partial charge in [0, 0.05) is 31.0 Å². The minimum atomic E-state index is -0.549. The van der Waals surface area contributed by atoms with Crippen LogP contribution in [0.25, 0.3) is 17.3 Å². The molecule has 0 bridgehead atoms. The third-order valence-electron chi connectivity index (χ3n) is 5.86. The molecule has 4 aromatic rings. The molecule has 0 amide bonds. The Morgan fingerprint density at radius 1 is 1.18 bits per heavy atom. The van der Waals surface area contributed by atoms with Gasteiger partial charge in [-0.1, -0.05) is 43.7 Å². The molecule has 0 saturated carbocycles. The van der Waals surface area contributed by atoms with Crippen LogP contribution >= 0.6 is 0 Å². The molecule has 11 heteroatoms. The number of aromatic nitrogens is 9. The highest BCUT2D eigenvalue weighted by Gasteiger charge is 2.31. The summed E-state index contributed by atoms with van der Waals surface area (Å²) in [6, 6.07) is 8.02. The highest BCUT2D eigenvalue weighted by Crippen LogP contribution is 2.33. The third kappa shape index (κ3) is 3.67. The number of hydrogen-bond acceptors (Lipinski definition) is 7. The van der Waals surface area contributed by atoms with Gasteiger partial charge in [0.05, 0.1) is 5.41 Å². The van der Waals surface area contributed by atoms with Gasteiger partial charge in [0.15, 0.2) is 5.82 Å². The summed E-state index contributed by atoms with van der Waals surface area (Å²) < 4.78 is 4.99. The molecule has 3 aromatic heterocycles. The topological polar surface area (TPSA) is 124 Å². The van der Waals surface area contributed by atoms with Gasteiger partial charge in [0.25, 0.3) is 0 Å². The van der Waals surface area contributed by atoms with Crippen LogP contribution in [-0.4, -0.2) is 44.5 Å². The molecule has 0 aliphatic carbocycles. The van der Waals surface area contributed by atoms with E-state index in [1.807, 2.05) is 41.4 Å². The van der Waals surface area contributed by atoms with Crippen LogP contribution in [0.15, 0.2) is 66.1 Å². The lowest BCUT2D eigenvalue weighted by molar-refractivity contribution is 0.496. The predicted octanol–water partition coefficient (Wildman–Crippen LogP) is 1.47. The molecular weight excluding hydrogens is 420 g/mol. The summed E-state index contributed by atoms with van der Waals surface area (Å²) in [6.07, 6.45) is 12.9. The Labute approximate surface area is 189 Å². The van der Waals surface area contributed by atoms with Crippen molar-refractivity contribution in [1.82, 2.24) is 49.8 Å². The van der Waals surface area contributed by atoms with E-state index in [1.165, 1.54) is 6.33 Å². The van der Waals surface area contributed by atoms with E-state index in [9.17, 15) is 4.79 Å². The van der Waals surface area contributed by atoms with E-state index in [1.54, 1.807) is 16.3 Å². The number of aromatic amines is 1. The zero-order chi connectivity index (χ0) is 22.8. The normalized spacial score (nSPS) is 14.5. The smallest absolute Gasteiger partial charge is 0.335 e. The summed E-state index contributed by atoms with van der Waals surface area (Å²) in [5, 5.41) is 21.4. The van der Waals surface area contributed by atoms with Gasteiger partial charge in [0.2, 0.25) is 5.95 Å². The number of hydrogen-bond donors (Lipinski definition) is 2. The Hall–Kier alpha value is -4.28. The molecule has 11 nitrogen and oxygen atoms in total. The van der Waals surface area contributed by atoms with Gasteiger partial charge in [-0.05, 0) is 40.9 Å². The van der Waals surface area contributed by atoms with Crippen molar-refractivity contribution in [1.29, 1.82) is 0 Å². The SMILES string of the molecule is CCCc1cn(-c2ncnn2C)c(=O)n1CC1(c2cccc(-c3nnn[nH]3)c2)C=CNC=C1. The quantitative estimate of drug-likeness (QED) is 0.442. The molecule has 2 N–H and O–H groups in total. The maximum absolute atomic E-state index is 13.6. The second-order valence-corrected chi connectivity index (χ2v) is 8.00. The summed E-state index contributed by atoms with van der Waals surface area (Å²) in [6.45, 7) is 2.53. The lowest BCUT2D eigenvalue weighted by atomic mass is 9.78. The number of rotatable bonds is 7. The number of tetrazole rings is 1. The number of H-pyrrole nitrogens is 1. The standard InChI is InChI=1S/C22H24N10O/c1-3-5-18-13-31(20-24-15-25-30(20)2)21(33)32(18)14-22(8-10-23-11-9-22)17-7-4-6-16(12-17)19-26-28-29-27-19/h4,6-13,15,23H,3,5,14H2,1-2H3,(H,26,27,28,29). The second kappa shape index (κ2) is 8.34. The van der Waals surface area contributed by atoms with Crippen LogP contribution in [0.3, 0.4) is 0 Å². The van der Waals surface area contributed by atoms with E-state index in [0.717, 1.165) is 29.7 Å². The number of aryl methyl sites for hydroxylation is 2. The van der Waals surface area contributed by atoms with Crippen LogP contribution in [0, 0.1) is 0 Å². The Balaban J connectivity index is 1.62. The van der Waals surface area contributed by atoms with E-state index in [-0.39, 0.29) is 5.69 Å². The molecule has 1 aliphatic rings. The second-order valence-electron chi connectivity index (χ2n) is 8.00. The van der Waals surface area contributed by atoms with Crippen molar-refractivity contribution in [2.24, 2.45) is 7.05 Å². The van der Waals surface area contributed by atoms with Crippen LogP contribution in [0.1, 0.15) is 24.6 Å².